The lowest BCUT2D eigenvalue weighted by Gasteiger charge is -2.15. The van der Waals surface area contributed by atoms with Crippen LogP contribution in [0.5, 0.6) is 5.75 Å². The van der Waals surface area contributed by atoms with Gasteiger partial charge in [-0.2, -0.15) is 0 Å². The number of ether oxygens (including phenoxy) is 2. The van der Waals surface area contributed by atoms with Gasteiger partial charge in [-0.05, 0) is 43.2 Å². The first kappa shape index (κ1) is 22.8. The van der Waals surface area contributed by atoms with E-state index in [0.29, 0.717) is 22.5 Å². The number of hydrogen-bond donors (Lipinski definition) is 1. The summed E-state index contributed by atoms with van der Waals surface area (Å²) in [4.78, 5) is 16.5. The molecule has 0 spiro atoms. The topological polar surface area (TPSA) is 91.2 Å². The van der Waals surface area contributed by atoms with Crippen LogP contribution in [0.1, 0.15) is 12.8 Å². The number of benzene rings is 1. The van der Waals surface area contributed by atoms with E-state index in [0.717, 1.165) is 30.8 Å². The maximum Gasteiger partial charge on any atom is 0.236 e. The Kier molecular flexibility index (Phi) is 7.51. The van der Waals surface area contributed by atoms with Crippen molar-refractivity contribution in [2.75, 3.05) is 24.8 Å². The summed E-state index contributed by atoms with van der Waals surface area (Å²) in [6, 6.07) is 9.15. The number of aromatic nitrogens is 4. The average molecular weight is 494 g/mol. The summed E-state index contributed by atoms with van der Waals surface area (Å²) in [6.07, 6.45) is 3.53. The number of nitrogens with one attached hydrogen (secondary N) is 1. The summed E-state index contributed by atoms with van der Waals surface area (Å²) in [6.45, 7) is 1.37. The molecule has 2 aromatic heterocycles. The molecule has 8 nitrogen and oxygen atoms in total. The van der Waals surface area contributed by atoms with Crippen LogP contribution >= 0.6 is 35.0 Å². The molecule has 1 saturated heterocycles. The molecule has 11 heteroatoms. The second-order valence-corrected chi connectivity index (χ2v) is 8.89. The average Bonchev–Trinajstić information content (AvgIpc) is 3.45. The summed E-state index contributed by atoms with van der Waals surface area (Å²) < 4.78 is 13.1. The third-order valence-corrected chi connectivity index (χ3v) is 6.33. The molecule has 0 aliphatic carbocycles. The number of thioether (sulfide) groups is 1. The molecule has 1 aliphatic rings. The molecule has 1 unspecified atom stereocenters. The van der Waals surface area contributed by atoms with Gasteiger partial charge in [0.15, 0.2) is 16.8 Å². The molecule has 0 radical (unpaired) electrons. The van der Waals surface area contributed by atoms with Crippen LogP contribution in [0.2, 0.25) is 10.0 Å². The molecule has 0 bridgehead atoms. The fourth-order valence-corrected chi connectivity index (χ4v) is 4.49. The molecule has 1 N–H and O–H groups in total. The van der Waals surface area contributed by atoms with Crippen LogP contribution in [-0.2, 0) is 16.1 Å². The number of halogens is 2. The Morgan fingerprint density at radius 3 is 2.81 bits per heavy atom. The summed E-state index contributed by atoms with van der Waals surface area (Å²) >= 11 is 13.2. The Balaban J connectivity index is 1.50. The van der Waals surface area contributed by atoms with Crippen LogP contribution in [0.15, 0.2) is 41.7 Å². The molecule has 1 aliphatic heterocycles. The lowest BCUT2D eigenvalue weighted by Crippen LogP contribution is -2.18. The van der Waals surface area contributed by atoms with Crippen LogP contribution in [0.25, 0.3) is 11.4 Å². The Morgan fingerprint density at radius 2 is 2.12 bits per heavy atom. The molecule has 1 atom stereocenters. The van der Waals surface area contributed by atoms with Gasteiger partial charge in [-0.1, -0.05) is 35.0 Å². The van der Waals surface area contributed by atoms with Crippen LogP contribution in [0.3, 0.4) is 0 Å². The minimum Gasteiger partial charge on any atom is -0.497 e. The minimum atomic E-state index is -0.260. The molecular weight excluding hydrogens is 473 g/mol. The largest absolute Gasteiger partial charge is 0.497 e. The van der Waals surface area contributed by atoms with Gasteiger partial charge in [0.05, 0.1) is 35.6 Å². The number of carbonyl (C=O) groups is 1. The number of anilines is 1. The van der Waals surface area contributed by atoms with Crippen molar-refractivity contribution >= 4 is 46.7 Å². The molecule has 3 heterocycles. The summed E-state index contributed by atoms with van der Waals surface area (Å²) in [5, 5.41) is 12.7. The molecule has 4 rings (SSSR count). The Labute approximate surface area is 199 Å². The fraction of sp³-hybridized carbons (Fsp3) is 0.333. The van der Waals surface area contributed by atoms with Gasteiger partial charge in [-0.3, -0.25) is 9.36 Å². The Bertz CT molecular complexity index is 1090. The standard InChI is InChI=1S/C21H21Cl2N5O3S/c1-30-15-6-4-13(5-7-15)20-26-27-21(28(20)11-16-3-2-8-31-16)32-12-18(29)25-19-17(23)9-14(22)10-24-19/h4-7,9-10,16H,2-3,8,11-12H2,1H3,(H,24,25,29). The van der Waals surface area contributed by atoms with Gasteiger partial charge in [-0.15, -0.1) is 10.2 Å². The van der Waals surface area contributed by atoms with Crippen molar-refractivity contribution in [2.45, 2.75) is 30.6 Å². The predicted molar refractivity (Wildman–Crippen MR) is 125 cm³/mol. The minimum absolute atomic E-state index is 0.0910. The predicted octanol–water partition coefficient (Wildman–Crippen LogP) is 4.57. The van der Waals surface area contributed by atoms with Gasteiger partial charge >= 0.3 is 0 Å². The molecule has 32 heavy (non-hydrogen) atoms. The van der Waals surface area contributed by atoms with Crippen molar-refractivity contribution < 1.29 is 14.3 Å². The van der Waals surface area contributed by atoms with Gasteiger partial charge in [0.2, 0.25) is 5.91 Å². The van der Waals surface area contributed by atoms with Crippen LogP contribution in [-0.4, -0.2) is 51.2 Å². The Morgan fingerprint density at radius 1 is 1.31 bits per heavy atom. The number of hydrogen-bond acceptors (Lipinski definition) is 7. The van der Waals surface area contributed by atoms with Crippen LogP contribution < -0.4 is 10.1 Å². The fourth-order valence-electron chi connectivity index (χ4n) is 3.31. The van der Waals surface area contributed by atoms with E-state index in [2.05, 4.69) is 20.5 Å². The maximum atomic E-state index is 12.5. The zero-order valence-corrected chi connectivity index (χ0v) is 19.6. The smallest absolute Gasteiger partial charge is 0.236 e. The van der Waals surface area contributed by atoms with E-state index < -0.39 is 0 Å². The van der Waals surface area contributed by atoms with Crippen molar-refractivity contribution in [3.8, 4) is 17.1 Å². The summed E-state index contributed by atoms with van der Waals surface area (Å²) in [5.41, 5.74) is 0.907. The van der Waals surface area contributed by atoms with E-state index in [1.165, 1.54) is 24.0 Å². The number of carbonyl (C=O) groups excluding carboxylic acids is 1. The van der Waals surface area contributed by atoms with E-state index in [1.54, 1.807) is 7.11 Å². The van der Waals surface area contributed by atoms with Gasteiger partial charge in [0.25, 0.3) is 0 Å². The molecule has 168 valence electrons. The van der Waals surface area contributed by atoms with E-state index in [4.69, 9.17) is 32.7 Å². The zero-order valence-electron chi connectivity index (χ0n) is 17.3. The molecule has 1 aromatic carbocycles. The molecule has 3 aromatic rings. The second kappa shape index (κ2) is 10.5. The van der Waals surface area contributed by atoms with Crippen LogP contribution in [0, 0.1) is 0 Å². The highest BCUT2D eigenvalue weighted by Crippen LogP contribution is 2.28. The third-order valence-electron chi connectivity index (χ3n) is 4.87. The Hall–Kier alpha value is -2.33. The molecule has 1 fully saturated rings. The van der Waals surface area contributed by atoms with E-state index in [1.807, 2.05) is 28.8 Å². The lowest BCUT2D eigenvalue weighted by atomic mass is 10.2. The quantitative estimate of drug-likeness (QED) is 0.459. The number of nitrogens with zero attached hydrogens (tertiary/aromatic N) is 4. The third kappa shape index (κ3) is 5.53. The van der Waals surface area contributed by atoms with Gasteiger partial charge in [0, 0.05) is 18.4 Å². The maximum absolute atomic E-state index is 12.5. The number of methoxy groups -OCH3 is 1. The van der Waals surface area contributed by atoms with Crippen molar-refractivity contribution in [3.05, 3.63) is 46.6 Å². The van der Waals surface area contributed by atoms with Crippen LogP contribution in [0.4, 0.5) is 5.82 Å². The first-order valence-corrected chi connectivity index (χ1v) is 11.7. The summed E-state index contributed by atoms with van der Waals surface area (Å²) in [5.74, 6) is 1.60. The highest BCUT2D eigenvalue weighted by molar-refractivity contribution is 7.99. The highest BCUT2D eigenvalue weighted by atomic mass is 35.5. The van der Waals surface area contributed by atoms with Crippen molar-refractivity contribution in [1.29, 1.82) is 0 Å². The van der Waals surface area contributed by atoms with Crippen molar-refractivity contribution in [1.82, 2.24) is 19.7 Å². The number of amides is 1. The van der Waals surface area contributed by atoms with E-state index in [9.17, 15) is 4.79 Å². The zero-order chi connectivity index (χ0) is 22.5. The second-order valence-electron chi connectivity index (χ2n) is 7.10. The normalized spacial score (nSPS) is 15.7. The van der Waals surface area contributed by atoms with Gasteiger partial charge in [-0.25, -0.2) is 4.98 Å². The molecule has 1 amide bonds. The first-order chi connectivity index (χ1) is 15.5. The van der Waals surface area contributed by atoms with Crippen molar-refractivity contribution in [3.63, 3.8) is 0 Å². The lowest BCUT2D eigenvalue weighted by molar-refractivity contribution is -0.113. The molecule has 0 saturated carbocycles. The highest BCUT2D eigenvalue weighted by Gasteiger charge is 2.22. The monoisotopic (exact) mass is 493 g/mol. The number of rotatable bonds is 8. The van der Waals surface area contributed by atoms with Gasteiger partial charge in [0.1, 0.15) is 5.75 Å². The van der Waals surface area contributed by atoms with Gasteiger partial charge < -0.3 is 14.8 Å². The summed E-state index contributed by atoms with van der Waals surface area (Å²) in [7, 11) is 1.63. The first-order valence-electron chi connectivity index (χ1n) is 9.96. The SMILES string of the molecule is COc1ccc(-c2nnc(SCC(=O)Nc3ncc(Cl)cc3Cl)n2CC2CCCO2)cc1. The number of pyridine rings is 1. The molecular formula is C21H21Cl2N5O3S. The van der Waals surface area contributed by atoms with Crippen molar-refractivity contribution in [2.24, 2.45) is 0 Å². The van der Waals surface area contributed by atoms with E-state index in [-0.39, 0.29) is 28.6 Å². The van der Waals surface area contributed by atoms with E-state index >= 15 is 0 Å².